The highest BCUT2D eigenvalue weighted by Gasteiger charge is 2.35. The van der Waals surface area contributed by atoms with E-state index in [4.69, 9.17) is 33.7 Å². The van der Waals surface area contributed by atoms with Crippen molar-refractivity contribution in [3.8, 4) is 0 Å². The molecule has 1 fully saturated rings. The first-order valence-electron chi connectivity index (χ1n) is 9.20. The summed E-state index contributed by atoms with van der Waals surface area (Å²) in [5.41, 5.74) is 5.87. The van der Waals surface area contributed by atoms with Crippen molar-refractivity contribution in [3.63, 3.8) is 0 Å². The van der Waals surface area contributed by atoms with E-state index < -0.39 is 33.9 Å². The van der Waals surface area contributed by atoms with Gasteiger partial charge in [-0.15, -0.1) is 0 Å². The molecule has 0 aliphatic carbocycles. The lowest BCUT2D eigenvalue weighted by molar-refractivity contribution is -0.160. The zero-order valence-corrected chi connectivity index (χ0v) is 18.2. The van der Waals surface area contributed by atoms with Crippen LogP contribution in [0.1, 0.15) is 24.5 Å². The Morgan fingerprint density at radius 1 is 1.07 bits per heavy atom. The van der Waals surface area contributed by atoms with E-state index in [2.05, 4.69) is 0 Å². The largest absolute Gasteiger partial charge is 0.447 e. The van der Waals surface area contributed by atoms with Crippen LogP contribution in [0.25, 0.3) is 0 Å². The van der Waals surface area contributed by atoms with Gasteiger partial charge in [-0.3, -0.25) is 9.59 Å². The highest BCUT2D eigenvalue weighted by molar-refractivity contribution is 7.89. The SMILES string of the molecule is NC(=O)C(OC(=O)C1CCN(S(=O)(=O)c2cc(Cl)ccc2Cl)CC1)c1ccccc1. The number of primary amides is 1. The number of esters is 1. The van der Waals surface area contributed by atoms with Crippen LogP contribution in [0.4, 0.5) is 0 Å². The number of carbonyl (C=O) groups excluding carboxylic acids is 2. The molecule has 2 N–H and O–H groups in total. The summed E-state index contributed by atoms with van der Waals surface area (Å²) in [7, 11) is -3.85. The van der Waals surface area contributed by atoms with Crippen LogP contribution in [0.15, 0.2) is 53.4 Å². The first-order chi connectivity index (χ1) is 14.2. The van der Waals surface area contributed by atoms with Gasteiger partial charge in [-0.05, 0) is 31.0 Å². The van der Waals surface area contributed by atoms with E-state index in [1.807, 2.05) is 0 Å². The maximum Gasteiger partial charge on any atom is 0.310 e. The molecule has 0 saturated carbocycles. The third kappa shape index (κ3) is 4.95. The van der Waals surface area contributed by atoms with Gasteiger partial charge < -0.3 is 10.5 Å². The number of sulfonamides is 1. The minimum absolute atomic E-state index is 0.0736. The van der Waals surface area contributed by atoms with Crippen LogP contribution in [-0.4, -0.2) is 37.7 Å². The van der Waals surface area contributed by atoms with Gasteiger partial charge in [0.05, 0.1) is 10.9 Å². The molecule has 1 aliphatic rings. The molecule has 1 saturated heterocycles. The fourth-order valence-electron chi connectivity index (χ4n) is 3.28. The van der Waals surface area contributed by atoms with Gasteiger partial charge in [-0.1, -0.05) is 53.5 Å². The normalized spacial score (nSPS) is 16.7. The first kappa shape index (κ1) is 22.6. The van der Waals surface area contributed by atoms with E-state index in [1.165, 1.54) is 22.5 Å². The van der Waals surface area contributed by atoms with Gasteiger partial charge in [0.1, 0.15) is 4.90 Å². The number of amides is 1. The molecule has 0 spiro atoms. The molecule has 1 heterocycles. The van der Waals surface area contributed by atoms with Crippen LogP contribution >= 0.6 is 23.2 Å². The Morgan fingerprint density at radius 3 is 2.30 bits per heavy atom. The molecule has 0 aromatic heterocycles. The Kier molecular flexibility index (Phi) is 7.02. The number of nitrogens with two attached hydrogens (primary N) is 1. The molecule has 160 valence electrons. The second-order valence-electron chi connectivity index (χ2n) is 6.88. The maximum atomic E-state index is 12.9. The zero-order chi connectivity index (χ0) is 21.9. The van der Waals surface area contributed by atoms with Gasteiger partial charge in [0.15, 0.2) is 0 Å². The Bertz CT molecular complexity index is 1040. The summed E-state index contributed by atoms with van der Waals surface area (Å²) >= 11 is 12.0. The highest BCUT2D eigenvalue weighted by atomic mass is 35.5. The molecule has 2 aromatic rings. The summed E-state index contributed by atoms with van der Waals surface area (Å²) in [6, 6.07) is 12.7. The van der Waals surface area contributed by atoms with E-state index in [-0.39, 0.29) is 40.9 Å². The second-order valence-corrected chi connectivity index (χ2v) is 9.63. The maximum absolute atomic E-state index is 12.9. The van der Waals surface area contributed by atoms with Crippen LogP contribution in [0.3, 0.4) is 0 Å². The van der Waals surface area contributed by atoms with Gasteiger partial charge in [-0.2, -0.15) is 4.31 Å². The fraction of sp³-hybridized carbons (Fsp3) is 0.300. The molecule has 0 bridgehead atoms. The summed E-state index contributed by atoms with van der Waals surface area (Å²) in [5.74, 6) is -1.90. The molecule has 0 radical (unpaired) electrons. The minimum Gasteiger partial charge on any atom is -0.447 e. The van der Waals surface area contributed by atoms with Gasteiger partial charge in [0.25, 0.3) is 5.91 Å². The quantitative estimate of drug-likeness (QED) is 0.652. The molecule has 1 amide bonds. The Morgan fingerprint density at radius 2 is 1.70 bits per heavy atom. The average Bonchev–Trinajstić information content (AvgIpc) is 2.74. The van der Waals surface area contributed by atoms with Crippen molar-refractivity contribution >= 4 is 45.1 Å². The molecular weight excluding hydrogens is 451 g/mol. The number of benzene rings is 2. The van der Waals surface area contributed by atoms with Crippen molar-refractivity contribution in [1.82, 2.24) is 4.31 Å². The van der Waals surface area contributed by atoms with E-state index in [1.54, 1.807) is 30.3 Å². The standard InChI is InChI=1S/C20H20Cl2N2O5S/c21-15-6-7-16(22)17(12-15)30(27,28)24-10-8-14(9-11-24)20(26)29-18(19(23)25)13-4-2-1-3-5-13/h1-7,12,14,18H,8-11H2,(H2,23,25). The number of rotatable bonds is 6. The third-order valence-corrected chi connectivity index (χ3v) is 7.51. The van der Waals surface area contributed by atoms with E-state index in [9.17, 15) is 18.0 Å². The van der Waals surface area contributed by atoms with Crippen molar-refractivity contribution in [2.24, 2.45) is 11.7 Å². The molecule has 1 atom stereocenters. The van der Waals surface area contributed by atoms with Crippen molar-refractivity contribution in [2.45, 2.75) is 23.8 Å². The third-order valence-electron chi connectivity index (χ3n) is 4.89. The summed E-state index contributed by atoms with van der Waals surface area (Å²) in [5, 5.41) is 0.336. The molecule has 3 rings (SSSR count). The number of carbonyl (C=O) groups is 2. The molecule has 2 aromatic carbocycles. The van der Waals surface area contributed by atoms with Crippen molar-refractivity contribution in [2.75, 3.05) is 13.1 Å². The van der Waals surface area contributed by atoms with Crippen LogP contribution in [-0.2, 0) is 24.3 Å². The van der Waals surface area contributed by atoms with Crippen molar-refractivity contribution in [1.29, 1.82) is 0 Å². The smallest absolute Gasteiger partial charge is 0.310 e. The minimum atomic E-state index is -3.85. The fourth-order valence-corrected chi connectivity index (χ4v) is 5.48. The number of halogens is 2. The average molecular weight is 471 g/mol. The molecule has 30 heavy (non-hydrogen) atoms. The molecule has 7 nitrogen and oxygen atoms in total. The van der Waals surface area contributed by atoms with E-state index in [0.29, 0.717) is 5.56 Å². The number of hydrogen-bond acceptors (Lipinski definition) is 5. The summed E-state index contributed by atoms with van der Waals surface area (Å²) in [6.07, 6.45) is -0.696. The lowest BCUT2D eigenvalue weighted by Gasteiger charge is -2.31. The molecule has 1 unspecified atom stereocenters. The van der Waals surface area contributed by atoms with Gasteiger partial charge in [-0.25, -0.2) is 8.42 Å². The van der Waals surface area contributed by atoms with Gasteiger partial charge >= 0.3 is 5.97 Å². The lowest BCUT2D eigenvalue weighted by atomic mass is 9.98. The van der Waals surface area contributed by atoms with E-state index >= 15 is 0 Å². The highest BCUT2D eigenvalue weighted by Crippen LogP contribution is 2.31. The van der Waals surface area contributed by atoms with Crippen LogP contribution in [0.2, 0.25) is 10.0 Å². The number of piperidine rings is 1. The summed E-state index contributed by atoms with van der Waals surface area (Å²) < 4.78 is 32.4. The van der Waals surface area contributed by atoms with Crippen molar-refractivity contribution in [3.05, 3.63) is 64.1 Å². The van der Waals surface area contributed by atoms with E-state index in [0.717, 1.165) is 0 Å². The predicted molar refractivity (Wildman–Crippen MR) is 112 cm³/mol. The second kappa shape index (κ2) is 9.34. The Balaban J connectivity index is 1.67. The van der Waals surface area contributed by atoms with Crippen molar-refractivity contribution < 1.29 is 22.7 Å². The lowest BCUT2D eigenvalue weighted by Crippen LogP contribution is -2.41. The van der Waals surface area contributed by atoms with Crippen LogP contribution < -0.4 is 5.73 Å². The summed E-state index contributed by atoms with van der Waals surface area (Å²) in [6.45, 7) is 0.217. The van der Waals surface area contributed by atoms with Crippen LogP contribution in [0.5, 0.6) is 0 Å². The monoisotopic (exact) mass is 470 g/mol. The predicted octanol–water partition coefficient (Wildman–Crippen LogP) is 3.16. The molecule has 10 heteroatoms. The summed E-state index contributed by atoms with van der Waals surface area (Å²) in [4.78, 5) is 24.3. The number of hydrogen-bond donors (Lipinski definition) is 1. The van der Waals surface area contributed by atoms with Crippen LogP contribution in [0, 0.1) is 5.92 Å². The van der Waals surface area contributed by atoms with Gasteiger partial charge in [0, 0.05) is 23.7 Å². The number of ether oxygens (including phenoxy) is 1. The Hall–Kier alpha value is -2.13. The molecular formula is C20H20Cl2N2O5S. The molecule has 1 aliphatic heterocycles. The first-order valence-corrected chi connectivity index (χ1v) is 11.4. The topological polar surface area (TPSA) is 107 Å². The Labute approximate surface area is 184 Å². The zero-order valence-electron chi connectivity index (χ0n) is 15.8. The van der Waals surface area contributed by atoms with Gasteiger partial charge in [0.2, 0.25) is 16.1 Å². The number of nitrogens with zero attached hydrogens (tertiary/aromatic N) is 1.